The summed E-state index contributed by atoms with van der Waals surface area (Å²) in [7, 11) is 0. The van der Waals surface area contributed by atoms with E-state index < -0.39 is 11.4 Å². The zero-order chi connectivity index (χ0) is 11.1. The highest BCUT2D eigenvalue weighted by atomic mass is 16.4. The van der Waals surface area contributed by atoms with Crippen LogP contribution in [-0.2, 0) is 10.2 Å². The Morgan fingerprint density at radius 2 is 2.40 bits per heavy atom. The lowest BCUT2D eigenvalue weighted by Gasteiger charge is -2.12. The average molecular weight is 205 g/mol. The van der Waals surface area contributed by atoms with E-state index in [1.807, 2.05) is 31.2 Å². The molecule has 2 rings (SSSR count). The summed E-state index contributed by atoms with van der Waals surface area (Å²) < 4.78 is 0. The van der Waals surface area contributed by atoms with E-state index in [1.165, 1.54) is 0 Å². The lowest BCUT2D eigenvalue weighted by Crippen LogP contribution is -2.25. The third-order valence-corrected chi connectivity index (χ3v) is 3.30. The van der Waals surface area contributed by atoms with Gasteiger partial charge in [-0.3, -0.25) is 4.79 Å². The minimum atomic E-state index is -0.747. The fourth-order valence-electron chi connectivity index (χ4n) is 2.28. The van der Waals surface area contributed by atoms with Crippen LogP contribution in [0, 0.1) is 12.8 Å². The van der Waals surface area contributed by atoms with Gasteiger partial charge in [-0.15, -0.1) is 0 Å². The number of hydrogen-bond acceptors (Lipinski definition) is 2. The molecule has 0 radical (unpaired) electrons. The first-order valence-electron chi connectivity index (χ1n) is 5.12. The van der Waals surface area contributed by atoms with Gasteiger partial charge in [0.25, 0.3) is 0 Å². The monoisotopic (exact) mass is 205 g/mol. The Bertz CT molecular complexity index is 402. The Morgan fingerprint density at radius 1 is 1.67 bits per heavy atom. The van der Waals surface area contributed by atoms with Gasteiger partial charge in [-0.05, 0) is 31.4 Å². The van der Waals surface area contributed by atoms with Crippen molar-refractivity contribution in [2.24, 2.45) is 11.7 Å². The van der Waals surface area contributed by atoms with E-state index in [-0.39, 0.29) is 5.92 Å². The molecule has 1 aromatic carbocycles. The van der Waals surface area contributed by atoms with Crippen LogP contribution in [0.5, 0.6) is 0 Å². The van der Waals surface area contributed by atoms with Crippen molar-refractivity contribution in [3.63, 3.8) is 0 Å². The van der Waals surface area contributed by atoms with Gasteiger partial charge in [-0.1, -0.05) is 29.8 Å². The van der Waals surface area contributed by atoms with Crippen LogP contribution in [0.15, 0.2) is 24.3 Å². The lowest BCUT2D eigenvalue weighted by molar-refractivity contribution is -0.140. The summed E-state index contributed by atoms with van der Waals surface area (Å²) in [5.41, 5.74) is 6.84. The molecule has 1 aromatic rings. The molecule has 0 bridgehead atoms. The van der Waals surface area contributed by atoms with E-state index in [2.05, 4.69) is 0 Å². The maximum Gasteiger partial charge on any atom is 0.314 e. The van der Waals surface area contributed by atoms with Crippen LogP contribution in [0.25, 0.3) is 0 Å². The van der Waals surface area contributed by atoms with E-state index >= 15 is 0 Å². The number of benzene rings is 1. The number of carboxylic acid groups (broad SMARTS) is 1. The summed E-state index contributed by atoms with van der Waals surface area (Å²) in [6.45, 7) is 2.42. The second kappa shape index (κ2) is 3.35. The van der Waals surface area contributed by atoms with Gasteiger partial charge in [0.2, 0.25) is 0 Å². The van der Waals surface area contributed by atoms with Crippen molar-refractivity contribution in [1.29, 1.82) is 0 Å². The normalized spacial score (nSPS) is 28.8. The number of carboxylic acids is 1. The van der Waals surface area contributed by atoms with Gasteiger partial charge in [-0.2, -0.15) is 0 Å². The van der Waals surface area contributed by atoms with Gasteiger partial charge in [-0.25, -0.2) is 0 Å². The molecule has 1 aliphatic rings. The Labute approximate surface area is 88.9 Å². The maximum absolute atomic E-state index is 11.3. The van der Waals surface area contributed by atoms with E-state index in [4.69, 9.17) is 5.73 Å². The minimum absolute atomic E-state index is 0.0943. The average Bonchev–Trinajstić information content (AvgIpc) is 2.93. The number of rotatable bonds is 3. The Hall–Kier alpha value is -1.35. The van der Waals surface area contributed by atoms with Crippen LogP contribution in [-0.4, -0.2) is 17.6 Å². The Balaban J connectivity index is 2.40. The van der Waals surface area contributed by atoms with E-state index in [9.17, 15) is 9.90 Å². The first-order valence-corrected chi connectivity index (χ1v) is 5.12. The summed E-state index contributed by atoms with van der Waals surface area (Å²) in [6.07, 6.45) is 0.669. The first-order chi connectivity index (χ1) is 7.11. The molecule has 3 nitrogen and oxygen atoms in total. The second-order valence-corrected chi connectivity index (χ2v) is 4.28. The Morgan fingerprint density at radius 3 is 2.87 bits per heavy atom. The number of carbonyl (C=O) groups is 1. The fraction of sp³-hybridized carbons (Fsp3) is 0.417. The number of hydrogen-bond donors (Lipinski definition) is 2. The summed E-state index contributed by atoms with van der Waals surface area (Å²) in [6, 6.07) is 7.71. The van der Waals surface area contributed by atoms with Crippen LogP contribution in [0.3, 0.4) is 0 Å². The van der Waals surface area contributed by atoms with Crippen molar-refractivity contribution in [3.05, 3.63) is 35.4 Å². The summed E-state index contributed by atoms with van der Waals surface area (Å²) >= 11 is 0. The van der Waals surface area contributed by atoms with Crippen LogP contribution in [0.4, 0.5) is 0 Å². The topological polar surface area (TPSA) is 63.3 Å². The molecule has 1 fully saturated rings. The molecule has 0 spiro atoms. The van der Waals surface area contributed by atoms with Crippen molar-refractivity contribution >= 4 is 5.97 Å². The largest absolute Gasteiger partial charge is 0.481 e. The molecule has 15 heavy (non-hydrogen) atoms. The maximum atomic E-state index is 11.3. The summed E-state index contributed by atoms with van der Waals surface area (Å²) in [5.74, 6) is -0.652. The minimum Gasteiger partial charge on any atom is -0.481 e. The molecule has 2 unspecified atom stereocenters. The molecular weight excluding hydrogens is 190 g/mol. The molecule has 0 aliphatic heterocycles. The molecule has 2 atom stereocenters. The molecular formula is C12H15NO2. The van der Waals surface area contributed by atoms with Crippen molar-refractivity contribution in [1.82, 2.24) is 0 Å². The summed E-state index contributed by atoms with van der Waals surface area (Å²) in [4.78, 5) is 11.3. The highest BCUT2D eigenvalue weighted by molar-refractivity contribution is 5.86. The van der Waals surface area contributed by atoms with E-state index in [0.29, 0.717) is 13.0 Å². The SMILES string of the molecule is Cc1cccc(C2(C(=O)O)CC2CN)c1. The second-order valence-electron chi connectivity index (χ2n) is 4.28. The van der Waals surface area contributed by atoms with Crippen molar-refractivity contribution in [2.45, 2.75) is 18.8 Å². The van der Waals surface area contributed by atoms with E-state index in [0.717, 1.165) is 11.1 Å². The Kier molecular flexibility index (Phi) is 2.27. The molecule has 1 saturated carbocycles. The predicted octanol–water partition coefficient (Wildman–Crippen LogP) is 1.30. The third-order valence-electron chi connectivity index (χ3n) is 3.30. The summed E-state index contributed by atoms with van der Waals surface area (Å²) in [5, 5.41) is 9.29. The van der Waals surface area contributed by atoms with Crippen molar-refractivity contribution in [3.8, 4) is 0 Å². The standard InChI is InChI=1S/C12H15NO2/c1-8-3-2-4-9(5-8)12(11(14)15)6-10(12)7-13/h2-5,10H,6-7,13H2,1H3,(H,14,15). The molecule has 0 heterocycles. The molecule has 0 amide bonds. The fourth-order valence-corrected chi connectivity index (χ4v) is 2.28. The van der Waals surface area contributed by atoms with Crippen LogP contribution >= 0.6 is 0 Å². The zero-order valence-electron chi connectivity index (χ0n) is 8.73. The molecule has 0 aromatic heterocycles. The zero-order valence-corrected chi connectivity index (χ0v) is 8.73. The number of aliphatic carboxylic acids is 1. The van der Waals surface area contributed by atoms with Crippen molar-refractivity contribution in [2.75, 3.05) is 6.54 Å². The molecule has 80 valence electrons. The van der Waals surface area contributed by atoms with Gasteiger partial charge >= 0.3 is 5.97 Å². The molecule has 0 saturated heterocycles. The molecule has 3 heteroatoms. The van der Waals surface area contributed by atoms with Crippen LogP contribution in [0.1, 0.15) is 17.5 Å². The van der Waals surface area contributed by atoms with Gasteiger partial charge in [0.1, 0.15) is 0 Å². The smallest absolute Gasteiger partial charge is 0.314 e. The number of aryl methyl sites for hydroxylation is 1. The predicted molar refractivity (Wildman–Crippen MR) is 57.7 cm³/mol. The first kappa shape index (κ1) is 10.2. The van der Waals surface area contributed by atoms with Crippen LogP contribution in [0.2, 0.25) is 0 Å². The van der Waals surface area contributed by atoms with Gasteiger partial charge in [0.05, 0.1) is 5.41 Å². The third kappa shape index (κ3) is 1.43. The highest BCUT2D eigenvalue weighted by Gasteiger charge is 2.60. The van der Waals surface area contributed by atoms with Gasteiger partial charge < -0.3 is 10.8 Å². The number of nitrogens with two attached hydrogens (primary N) is 1. The lowest BCUT2D eigenvalue weighted by atomic mass is 9.92. The van der Waals surface area contributed by atoms with Gasteiger partial charge in [0, 0.05) is 0 Å². The van der Waals surface area contributed by atoms with E-state index in [1.54, 1.807) is 0 Å². The molecule has 1 aliphatic carbocycles. The molecule has 3 N–H and O–H groups in total. The quantitative estimate of drug-likeness (QED) is 0.781. The van der Waals surface area contributed by atoms with Crippen LogP contribution < -0.4 is 5.73 Å². The highest BCUT2D eigenvalue weighted by Crippen LogP contribution is 2.54. The van der Waals surface area contributed by atoms with Gasteiger partial charge in [0.15, 0.2) is 0 Å². The van der Waals surface area contributed by atoms with Crippen molar-refractivity contribution < 1.29 is 9.90 Å².